The Hall–Kier alpha value is -0.720. The summed E-state index contributed by atoms with van der Waals surface area (Å²) in [7, 11) is 0. The van der Waals surface area contributed by atoms with E-state index in [4.69, 9.17) is 0 Å². The molecule has 0 aromatic rings. The summed E-state index contributed by atoms with van der Waals surface area (Å²) in [6.45, 7) is 6.06. The zero-order chi connectivity index (χ0) is 8.69. The summed E-state index contributed by atoms with van der Waals surface area (Å²) in [5.74, 6) is 0.583. The summed E-state index contributed by atoms with van der Waals surface area (Å²) in [6.07, 6.45) is 6.90. The lowest BCUT2D eigenvalue weighted by molar-refractivity contribution is 0.380. The van der Waals surface area contributed by atoms with Gasteiger partial charge < -0.3 is 5.11 Å². The Labute approximate surface area is 69.4 Å². The van der Waals surface area contributed by atoms with Crippen LogP contribution in [0.3, 0.4) is 0 Å². The topological polar surface area (TPSA) is 20.2 Å². The summed E-state index contributed by atoms with van der Waals surface area (Å²) < 4.78 is 0. The second kappa shape index (κ2) is 6.02. The van der Waals surface area contributed by atoms with Crippen LogP contribution in [0.2, 0.25) is 0 Å². The molecule has 0 bridgehead atoms. The smallest absolute Gasteiger partial charge is 0.0957 e. The summed E-state index contributed by atoms with van der Waals surface area (Å²) >= 11 is 0. The van der Waals surface area contributed by atoms with Crippen molar-refractivity contribution in [2.75, 3.05) is 0 Å². The fourth-order valence-corrected chi connectivity index (χ4v) is 1.02. The first-order chi connectivity index (χ1) is 5.34. The van der Waals surface area contributed by atoms with Gasteiger partial charge in [0, 0.05) is 6.42 Å². The standard InChI is InChI=1S/C8H12O.C2H6/c1-2-7-5-3-4-6-8(7)9;1-2/h3,5,9H,2,4,6H2,1H3;1-2H3. The molecule has 0 aromatic heterocycles. The summed E-state index contributed by atoms with van der Waals surface area (Å²) in [4.78, 5) is 0. The van der Waals surface area contributed by atoms with Gasteiger partial charge in [0.2, 0.25) is 0 Å². The van der Waals surface area contributed by atoms with Crippen LogP contribution in [0.1, 0.15) is 40.0 Å². The van der Waals surface area contributed by atoms with Crippen molar-refractivity contribution in [3.63, 3.8) is 0 Å². The molecule has 0 heterocycles. The second-order valence-electron chi connectivity index (χ2n) is 2.27. The van der Waals surface area contributed by atoms with Crippen LogP contribution in [-0.4, -0.2) is 5.11 Å². The summed E-state index contributed by atoms with van der Waals surface area (Å²) in [5.41, 5.74) is 1.10. The van der Waals surface area contributed by atoms with Crippen molar-refractivity contribution in [2.24, 2.45) is 0 Å². The number of aliphatic hydroxyl groups excluding tert-OH is 1. The van der Waals surface area contributed by atoms with Crippen molar-refractivity contribution < 1.29 is 5.11 Å². The van der Waals surface area contributed by atoms with Gasteiger partial charge in [0.15, 0.2) is 0 Å². The quantitative estimate of drug-likeness (QED) is 0.612. The highest BCUT2D eigenvalue weighted by molar-refractivity contribution is 5.24. The van der Waals surface area contributed by atoms with Gasteiger partial charge in [-0.1, -0.05) is 32.9 Å². The molecule has 0 aliphatic heterocycles. The van der Waals surface area contributed by atoms with Crippen LogP contribution in [0.25, 0.3) is 0 Å². The van der Waals surface area contributed by atoms with Crippen LogP contribution in [0.5, 0.6) is 0 Å². The van der Waals surface area contributed by atoms with Gasteiger partial charge in [-0.2, -0.15) is 0 Å². The van der Waals surface area contributed by atoms with Crippen LogP contribution in [-0.2, 0) is 0 Å². The van der Waals surface area contributed by atoms with Crippen LogP contribution in [0, 0.1) is 0 Å². The van der Waals surface area contributed by atoms with E-state index in [-0.39, 0.29) is 0 Å². The molecule has 1 heteroatoms. The Balaban J connectivity index is 0.000000461. The Morgan fingerprint density at radius 3 is 2.45 bits per heavy atom. The Morgan fingerprint density at radius 1 is 1.45 bits per heavy atom. The fraction of sp³-hybridized carbons (Fsp3) is 0.600. The maximum Gasteiger partial charge on any atom is 0.0957 e. The van der Waals surface area contributed by atoms with E-state index in [1.165, 1.54) is 0 Å². The first kappa shape index (κ1) is 10.3. The lowest BCUT2D eigenvalue weighted by Crippen LogP contribution is -1.91. The molecule has 0 saturated heterocycles. The van der Waals surface area contributed by atoms with Crippen molar-refractivity contribution >= 4 is 0 Å². The zero-order valence-corrected chi connectivity index (χ0v) is 7.72. The predicted octanol–water partition coefficient (Wildman–Crippen LogP) is 3.58. The number of rotatable bonds is 1. The third kappa shape index (κ3) is 3.26. The van der Waals surface area contributed by atoms with E-state index in [9.17, 15) is 5.11 Å². The maximum absolute atomic E-state index is 9.20. The van der Waals surface area contributed by atoms with Gasteiger partial charge in [-0.15, -0.1) is 0 Å². The average molecular weight is 154 g/mol. The van der Waals surface area contributed by atoms with Gasteiger partial charge in [0.25, 0.3) is 0 Å². The molecule has 0 fully saturated rings. The highest BCUT2D eigenvalue weighted by atomic mass is 16.3. The van der Waals surface area contributed by atoms with Gasteiger partial charge in [-0.3, -0.25) is 0 Å². The zero-order valence-electron chi connectivity index (χ0n) is 7.72. The largest absolute Gasteiger partial charge is 0.512 e. The van der Waals surface area contributed by atoms with E-state index in [1.807, 2.05) is 19.9 Å². The molecule has 0 unspecified atom stereocenters. The molecule has 64 valence electrons. The van der Waals surface area contributed by atoms with E-state index in [0.717, 1.165) is 24.8 Å². The van der Waals surface area contributed by atoms with Gasteiger partial charge >= 0.3 is 0 Å². The van der Waals surface area contributed by atoms with E-state index in [0.29, 0.717) is 5.76 Å². The first-order valence-electron chi connectivity index (χ1n) is 4.42. The summed E-state index contributed by atoms with van der Waals surface area (Å²) in [5, 5.41) is 9.20. The van der Waals surface area contributed by atoms with Crippen LogP contribution in [0.15, 0.2) is 23.5 Å². The van der Waals surface area contributed by atoms with Crippen molar-refractivity contribution in [1.29, 1.82) is 0 Å². The van der Waals surface area contributed by atoms with Gasteiger partial charge in [0.05, 0.1) is 5.76 Å². The molecular weight excluding hydrogens is 136 g/mol. The molecule has 0 amide bonds. The van der Waals surface area contributed by atoms with E-state index < -0.39 is 0 Å². The molecule has 11 heavy (non-hydrogen) atoms. The fourth-order valence-electron chi connectivity index (χ4n) is 1.02. The molecule has 0 spiro atoms. The average Bonchev–Trinajstić information content (AvgIpc) is 2.09. The van der Waals surface area contributed by atoms with Crippen molar-refractivity contribution in [3.05, 3.63) is 23.5 Å². The second-order valence-corrected chi connectivity index (χ2v) is 2.27. The minimum absolute atomic E-state index is 0.583. The molecule has 1 aliphatic rings. The lowest BCUT2D eigenvalue weighted by Gasteiger charge is -2.07. The van der Waals surface area contributed by atoms with E-state index in [1.54, 1.807) is 0 Å². The first-order valence-corrected chi connectivity index (χ1v) is 4.42. The Bertz CT molecular complexity index is 154. The molecule has 1 nitrogen and oxygen atoms in total. The highest BCUT2D eigenvalue weighted by Gasteiger charge is 2.02. The number of allylic oxidation sites excluding steroid dienone is 4. The van der Waals surface area contributed by atoms with E-state index in [2.05, 4.69) is 13.0 Å². The summed E-state index contributed by atoms with van der Waals surface area (Å²) in [6, 6.07) is 0. The molecular formula is C10H18O. The molecule has 0 atom stereocenters. The van der Waals surface area contributed by atoms with Crippen LogP contribution < -0.4 is 0 Å². The van der Waals surface area contributed by atoms with Crippen molar-refractivity contribution in [1.82, 2.24) is 0 Å². The molecule has 1 aliphatic carbocycles. The molecule has 0 saturated carbocycles. The van der Waals surface area contributed by atoms with Gasteiger partial charge in [-0.25, -0.2) is 0 Å². The molecule has 0 aromatic carbocycles. The number of aliphatic hydroxyl groups is 1. The molecule has 0 radical (unpaired) electrons. The monoisotopic (exact) mass is 154 g/mol. The van der Waals surface area contributed by atoms with Crippen molar-refractivity contribution in [2.45, 2.75) is 40.0 Å². The minimum Gasteiger partial charge on any atom is -0.512 e. The molecule has 1 rings (SSSR count). The Morgan fingerprint density at radius 2 is 2.09 bits per heavy atom. The number of hydrogen-bond donors (Lipinski definition) is 1. The van der Waals surface area contributed by atoms with Crippen LogP contribution >= 0.6 is 0 Å². The maximum atomic E-state index is 9.20. The predicted molar refractivity (Wildman–Crippen MR) is 49.7 cm³/mol. The van der Waals surface area contributed by atoms with Crippen molar-refractivity contribution in [3.8, 4) is 0 Å². The third-order valence-electron chi connectivity index (χ3n) is 1.62. The van der Waals surface area contributed by atoms with E-state index >= 15 is 0 Å². The Kier molecular flexibility index (Phi) is 5.63. The normalized spacial score (nSPS) is 15.9. The molecule has 1 N–H and O–H groups in total. The van der Waals surface area contributed by atoms with Crippen LogP contribution in [0.4, 0.5) is 0 Å². The number of hydrogen-bond acceptors (Lipinski definition) is 1. The van der Waals surface area contributed by atoms with Gasteiger partial charge in [-0.05, 0) is 18.4 Å². The van der Waals surface area contributed by atoms with Gasteiger partial charge in [0.1, 0.15) is 0 Å². The lowest BCUT2D eigenvalue weighted by atomic mass is 10.0. The highest BCUT2D eigenvalue weighted by Crippen LogP contribution is 2.18. The SMILES string of the molecule is CC.CCC1=C(O)CCC=C1. The minimum atomic E-state index is 0.583. The third-order valence-corrected chi connectivity index (χ3v) is 1.62.